The number of halogens is 3. The van der Waals surface area contributed by atoms with E-state index >= 15 is 0 Å². The average molecular weight is 228 g/mol. The van der Waals surface area contributed by atoms with E-state index in [0.717, 1.165) is 24.3 Å². The zero-order valence-electron chi connectivity index (χ0n) is 7.99. The van der Waals surface area contributed by atoms with Crippen molar-refractivity contribution in [3.63, 3.8) is 0 Å². The van der Waals surface area contributed by atoms with Crippen LogP contribution >= 0.6 is 0 Å². The molecule has 1 aromatic rings. The number of rotatable bonds is 3. The molecule has 0 N–H and O–H groups in total. The van der Waals surface area contributed by atoms with Crippen molar-refractivity contribution in [1.29, 1.82) is 0 Å². The van der Waals surface area contributed by atoms with Gasteiger partial charge < -0.3 is 0 Å². The number of carbonyl (C=O) groups is 2. The van der Waals surface area contributed by atoms with Crippen LogP contribution in [0.15, 0.2) is 24.3 Å². The van der Waals surface area contributed by atoms with Gasteiger partial charge in [0.1, 0.15) is 6.29 Å². The molecule has 0 bridgehead atoms. The summed E-state index contributed by atoms with van der Waals surface area (Å²) in [4.78, 5) is 20.6. The van der Waals surface area contributed by atoms with Crippen LogP contribution in [0.4, 0.5) is 13.2 Å². The smallest absolute Gasteiger partial charge is 0.299 e. The Morgan fingerprint density at radius 1 is 1.06 bits per heavy atom. The maximum Gasteiger partial charge on any atom is 0.416 e. The predicted molar refractivity (Wildman–Crippen MR) is 51.9 cm³/mol. The van der Waals surface area contributed by atoms with Crippen molar-refractivity contribution in [2.75, 3.05) is 0 Å². The van der Waals surface area contributed by atoms with Gasteiger partial charge in [-0.05, 0) is 23.8 Å². The summed E-state index contributed by atoms with van der Waals surface area (Å²) in [7, 11) is 0. The maximum absolute atomic E-state index is 12.3. The summed E-state index contributed by atoms with van der Waals surface area (Å²) in [5.41, 5.74) is -0.721. The van der Waals surface area contributed by atoms with Crippen molar-refractivity contribution < 1.29 is 22.8 Å². The van der Waals surface area contributed by atoms with Gasteiger partial charge in [-0.2, -0.15) is 13.2 Å². The van der Waals surface area contributed by atoms with Crippen LogP contribution in [-0.2, 0) is 11.0 Å². The molecular formula is C11H7F3O2. The summed E-state index contributed by atoms with van der Waals surface area (Å²) in [5.74, 6) is 0. The van der Waals surface area contributed by atoms with Crippen molar-refractivity contribution in [2.45, 2.75) is 6.18 Å². The Morgan fingerprint density at radius 3 is 2.25 bits per heavy atom. The zero-order valence-corrected chi connectivity index (χ0v) is 7.99. The van der Waals surface area contributed by atoms with E-state index in [2.05, 4.69) is 0 Å². The minimum Gasteiger partial charge on any atom is -0.299 e. The van der Waals surface area contributed by atoms with Crippen molar-refractivity contribution in [3.8, 4) is 0 Å². The molecule has 0 fully saturated rings. The Kier molecular flexibility index (Phi) is 3.60. The predicted octanol–water partition coefficient (Wildman–Crippen LogP) is 2.73. The third-order valence-electron chi connectivity index (χ3n) is 1.90. The molecule has 16 heavy (non-hydrogen) atoms. The van der Waals surface area contributed by atoms with E-state index in [1.807, 2.05) is 0 Å². The number of hydrogen-bond donors (Lipinski definition) is 0. The molecule has 0 unspecified atom stereocenters. The molecule has 0 aromatic heterocycles. The van der Waals surface area contributed by atoms with Crippen LogP contribution < -0.4 is 0 Å². The van der Waals surface area contributed by atoms with Crippen LogP contribution in [0.3, 0.4) is 0 Å². The van der Waals surface area contributed by atoms with Gasteiger partial charge in [-0.1, -0.05) is 12.1 Å². The summed E-state index contributed by atoms with van der Waals surface area (Å²) in [6.45, 7) is 0. The molecule has 84 valence electrons. The lowest BCUT2D eigenvalue weighted by molar-refractivity contribution is -0.137. The molecule has 0 saturated heterocycles. The highest BCUT2D eigenvalue weighted by molar-refractivity contribution is 5.85. The van der Waals surface area contributed by atoms with Gasteiger partial charge >= 0.3 is 6.18 Å². The SMILES string of the molecule is O=CC=Cc1ccc(C(F)(F)F)cc1C=O. The maximum atomic E-state index is 12.3. The Balaban J connectivity index is 3.21. The Bertz CT molecular complexity index is 433. The van der Waals surface area contributed by atoms with Crippen LogP contribution in [0.25, 0.3) is 6.08 Å². The summed E-state index contributed by atoms with van der Waals surface area (Å²) in [5, 5.41) is 0. The highest BCUT2D eigenvalue weighted by Gasteiger charge is 2.30. The van der Waals surface area contributed by atoms with E-state index in [-0.39, 0.29) is 11.1 Å². The van der Waals surface area contributed by atoms with Gasteiger partial charge in [0, 0.05) is 5.56 Å². The lowest BCUT2D eigenvalue weighted by Crippen LogP contribution is -2.05. The van der Waals surface area contributed by atoms with Crippen LogP contribution in [0.2, 0.25) is 0 Å². The highest BCUT2D eigenvalue weighted by atomic mass is 19.4. The molecule has 1 aromatic carbocycles. The normalized spacial score (nSPS) is 11.7. The van der Waals surface area contributed by atoms with E-state index in [1.165, 1.54) is 6.08 Å². The molecule has 5 heteroatoms. The van der Waals surface area contributed by atoms with Crippen LogP contribution in [0.5, 0.6) is 0 Å². The number of aldehydes is 2. The molecule has 0 aliphatic carbocycles. The summed E-state index contributed by atoms with van der Waals surface area (Å²) < 4.78 is 36.9. The fraction of sp³-hybridized carbons (Fsp3) is 0.0909. The molecule has 0 atom stereocenters. The van der Waals surface area contributed by atoms with E-state index in [9.17, 15) is 22.8 Å². The fourth-order valence-electron chi connectivity index (χ4n) is 1.15. The molecule has 0 radical (unpaired) electrons. The topological polar surface area (TPSA) is 34.1 Å². The number of carbonyl (C=O) groups excluding carboxylic acids is 2. The Hall–Kier alpha value is -1.91. The van der Waals surface area contributed by atoms with Crippen LogP contribution in [0, 0.1) is 0 Å². The minimum absolute atomic E-state index is 0.104. The van der Waals surface area contributed by atoms with Crippen LogP contribution in [0.1, 0.15) is 21.5 Å². The van der Waals surface area contributed by atoms with Gasteiger partial charge in [0.2, 0.25) is 0 Å². The standard InChI is InChI=1S/C11H7F3O2/c12-11(13,14)10-4-3-8(2-1-5-15)9(6-10)7-16/h1-7H. The third-order valence-corrected chi connectivity index (χ3v) is 1.90. The summed E-state index contributed by atoms with van der Waals surface area (Å²) >= 11 is 0. The van der Waals surface area contributed by atoms with Gasteiger partial charge in [-0.15, -0.1) is 0 Å². The third kappa shape index (κ3) is 2.79. The fourth-order valence-corrected chi connectivity index (χ4v) is 1.15. The molecular weight excluding hydrogens is 221 g/mol. The van der Waals surface area contributed by atoms with Gasteiger partial charge in [-0.3, -0.25) is 9.59 Å². The lowest BCUT2D eigenvalue weighted by Gasteiger charge is -2.08. The van der Waals surface area contributed by atoms with Crippen molar-refractivity contribution in [1.82, 2.24) is 0 Å². The molecule has 0 spiro atoms. The second kappa shape index (κ2) is 4.74. The van der Waals surface area contributed by atoms with Crippen molar-refractivity contribution in [3.05, 3.63) is 41.0 Å². The highest BCUT2D eigenvalue weighted by Crippen LogP contribution is 2.30. The number of hydrogen-bond acceptors (Lipinski definition) is 2. The molecule has 1 rings (SSSR count). The monoisotopic (exact) mass is 228 g/mol. The molecule has 0 aliphatic heterocycles. The summed E-state index contributed by atoms with van der Waals surface area (Å²) in [6, 6.07) is 2.75. The second-order valence-corrected chi connectivity index (χ2v) is 2.95. The van der Waals surface area contributed by atoms with Crippen LogP contribution in [-0.4, -0.2) is 12.6 Å². The van der Waals surface area contributed by atoms with Gasteiger partial charge in [0.05, 0.1) is 5.56 Å². The quantitative estimate of drug-likeness (QED) is 0.588. The first-order valence-electron chi connectivity index (χ1n) is 4.27. The molecule has 0 heterocycles. The first-order chi connectivity index (χ1) is 7.49. The molecule has 0 saturated carbocycles. The van der Waals surface area contributed by atoms with Crippen molar-refractivity contribution >= 4 is 18.6 Å². The zero-order chi connectivity index (χ0) is 12.2. The van der Waals surface area contributed by atoms with Gasteiger partial charge in [0.25, 0.3) is 0 Å². The van der Waals surface area contributed by atoms with E-state index in [4.69, 9.17) is 0 Å². The lowest BCUT2D eigenvalue weighted by atomic mass is 10.0. The van der Waals surface area contributed by atoms with Gasteiger partial charge in [-0.25, -0.2) is 0 Å². The molecule has 0 aliphatic rings. The van der Waals surface area contributed by atoms with Crippen molar-refractivity contribution in [2.24, 2.45) is 0 Å². The second-order valence-electron chi connectivity index (χ2n) is 2.95. The van der Waals surface area contributed by atoms with E-state index in [1.54, 1.807) is 0 Å². The first kappa shape index (κ1) is 12.2. The number of alkyl halides is 3. The Labute approximate surface area is 89.4 Å². The van der Waals surface area contributed by atoms with E-state index < -0.39 is 11.7 Å². The largest absolute Gasteiger partial charge is 0.416 e. The van der Waals surface area contributed by atoms with E-state index in [0.29, 0.717) is 12.6 Å². The minimum atomic E-state index is -4.48. The van der Waals surface area contributed by atoms with Gasteiger partial charge in [0.15, 0.2) is 6.29 Å². The number of allylic oxidation sites excluding steroid dienone is 1. The molecule has 0 amide bonds. The first-order valence-corrected chi connectivity index (χ1v) is 4.27. The summed E-state index contributed by atoms with van der Waals surface area (Å²) in [6.07, 6.45) is -1.30. The average Bonchev–Trinajstić information content (AvgIpc) is 2.24. The molecule has 2 nitrogen and oxygen atoms in total. The Morgan fingerprint density at radius 2 is 1.75 bits per heavy atom. The number of benzene rings is 1.